The molecule has 122 valence electrons. The largest absolute Gasteiger partial charge is 0.497 e. The first-order valence-electron chi connectivity index (χ1n) is 7.27. The van der Waals surface area contributed by atoms with Gasteiger partial charge in [0, 0.05) is 17.3 Å². The van der Waals surface area contributed by atoms with Gasteiger partial charge >= 0.3 is 6.03 Å². The van der Waals surface area contributed by atoms with Crippen LogP contribution in [0.2, 0.25) is 0 Å². The number of aryl methyl sites for hydroxylation is 1. The third-order valence-electron chi connectivity index (χ3n) is 3.35. The number of aromatic nitrogens is 2. The van der Waals surface area contributed by atoms with E-state index in [1.807, 2.05) is 37.3 Å². The van der Waals surface area contributed by atoms with Gasteiger partial charge < -0.3 is 10.1 Å². The quantitative estimate of drug-likeness (QED) is 0.747. The maximum atomic E-state index is 12.1. The van der Waals surface area contributed by atoms with Gasteiger partial charge in [0.25, 0.3) is 0 Å². The number of carbonyl (C=O) groups is 1. The van der Waals surface area contributed by atoms with Crippen LogP contribution in [0.25, 0.3) is 10.6 Å². The van der Waals surface area contributed by atoms with E-state index in [4.69, 9.17) is 4.74 Å². The molecule has 24 heavy (non-hydrogen) atoms. The highest BCUT2D eigenvalue weighted by atomic mass is 32.1. The molecule has 2 aromatic carbocycles. The van der Waals surface area contributed by atoms with Crippen LogP contribution in [0.15, 0.2) is 48.5 Å². The summed E-state index contributed by atoms with van der Waals surface area (Å²) in [5, 5.41) is 14.8. The molecule has 7 heteroatoms. The Morgan fingerprint density at radius 3 is 2.71 bits per heavy atom. The number of nitrogens with zero attached hydrogens (tertiary/aromatic N) is 2. The van der Waals surface area contributed by atoms with Gasteiger partial charge in [0.15, 0.2) is 0 Å². The Kier molecular flexibility index (Phi) is 4.72. The van der Waals surface area contributed by atoms with Crippen molar-refractivity contribution in [1.29, 1.82) is 0 Å². The average Bonchev–Trinajstić information content (AvgIpc) is 3.03. The summed E-state index contributed by atoms with van der Waals surface area (Å²) in [7, 11) is 1.58. The van der Waals surface area contributed by atoms with Crippen molar-refractivity contribution in [2.75, 3.05) is 17.7 Å². The number of amides is 2. The zero-order chi connectivity index (χ0) is 16.9. The Hall–Kier alpha value is -2.93. The van der Waals surface area contributed by atoms with Gasteiger partial charge in [-0.25, -0.2) is 4.79 Å². The van der Waals surface area contributed by atoms with Crippen LogP contribution in [-0.2, 0) is 0 Å². The van der Waals surface area contributed by atoms with Gasteiger partial charge in [-0.1, -0.05) is 41.7 Å². The molecule has 0 aliphatic carbocycles. The molecule has 2 N–H and O–H groups in total. The Morgan fingerprint density at radius 2 is 1.92 bits per heavy atom. The number of urea groups is 1. The summed E-state index contributed by atoms with van der Waals surface area (Å²) >= 11 is 1.33. The number of carbonyl (C=O) groups excluding carboxylic acids is 1. The zero-order valence-corrected chi connectivity index (χ0v) is 14.1. The lowest BCUT2D eigenvalue weighted by Gasteiger charge is -2.06. The summed E-state index contributed by atoms with van der Waals surface area (Å²) in [5.74, 6) is 0.672. The van der Waals surface area contributed by atoms with E-state index in [1.165, 1.54) is 11.3 Å². The second-order valence-corrected chi connectivity index (χ2v) is 6.02. The first kappa shape index (κ1) is 15.9. The Morgan fingerprint density at radius 1 is 1.08 bits per heavy atom. The molecular formula is C17H16N4O2S. The van der Waals surface area contributed by atoms with E-state index in [2.05, 4.69) is 20.8 Å². The highest BCUT2D eigenvalue weighted by Crippen LogP contribution is 2.28. The van der Waals surface area contributed by atoms with Crippen molar-refractivity contribution >= 4 is 28.2 Å². The van der Waals surface area contributed by atoms with Gasteiger partial charge in [-0.3, -0.25) is 5.32 Å². The molecule has 0 saturated carbocycles. The van der Waals surface area contributed by atoms with Crippen molar-refractivity contribution in [2.45, 2.75) is 6.92 Å². The highest BCUT2D eigenvalue weighted by molar-refractivity contribution is 7.18. The van der Waals surface area contributed by atoms with Gasteiger partial charge in [-0.15, -0.1) is 10.2 Å². The second kappa shape index (κ2) is 7.10. The van der Waals surface area contributed by atoms with Gasteiger partial charge in [-0.2, -0.15) is 0 Å². The molecule has 3 rings (SSSR count). The average molecular weight is 340 g/mol. The lowest BCUT2D eigenvalue weighted by molar-refractivity contribution is 0.262. The highest BCUT2D eigenvalue weighted by Gasteiger charge is 2.11. The summed E-state index contributed by atoms with van der Waals surface area (Å²) in [6.45, 7) is 2.01. The topological polar surface area (TPSA) is 76.1 Å². The standard InChI is InChI=1S/C17H16N4O2S/c1-11-6-3-4-9-14(11)15-20-21-17(24-15)19-16(22)18-12-7-5-8-13(10-12)23-2/h3-10H,1-2H3,(H2,18,19,21,22). The molecule has 0 unspecified atom stereocenters. The maximum absolute atomic E-state index is 12.1. The van der Waals surface area contributed by atoms with Crippen LogP contribution in [0, 0.1) is 6.92 Å². The minimum Gasteiger partial charge on any atom is -0.497 e. The Balaban J connectivity index is 1.68. The van der Waals surface area contributed by atoms with Gasteiger partial charge in [0.05, 0.1) is 7.11 Å². The summed E-state index contributed by atoms with van der Waals surface area (Å²) < 4.78 is 5.13. The minimum atomic E-state index is -0.379. The number of hydrogen-bond acceptors (Lipinski definition) is 5. The molecule has 0 aliphatic rings. The maximum Gasteiger partial charge on any atom is 0.325 e. The molecule has 3 aromatic rings. The van der Waals surface area contributed by atoms with E-state index in [0.717, 1.165) is 16.1 Å². The number of methoxy groups -OCH3 is 1. The molecule has 0 fully saturated rings. The van der Waals surface area contributed by atoms with Crippen LogP contribution >= 0.6 is 11.3 Å². The van der Waals surface area contributed by atoms with Crippen LogP contribution in [0.5, 0.6) is 5.75 Å². The molecule has 2 amide bonds. The van der Waals surface area contributed by atoms with E-state index >= 15 is 0 Å². The van der Waals surface area contributed by atoms with Crippen LogP contribution in [0.1, 0.15) is 5.56 Å². The van der Waals surface area contributed by atoms with Crippen molar-refractivity contribution in [3.05, 3.63) is 54.1 Å². The predicted molar refractivity (Wildman–Crippen MR) is 95.7 cm³/mol. The second-order valence-electron chi connectivity index (χ2n) is 5.04. The van der Waals surface area contributed by atoms with Crippen LogP contribution in [-0.4, -0.2) is 23.3 Å². The van der Waals surface area contributed by atoms with Crippen LogP contribution < -0.4 is 15.4 Å². The fourth-order valence-electron chi connectivity index (χ4n) is 2.16. The van der Waals surface area contributed by atoms with Crippen molar-refractivity contribution in [3.63, 3.8) is 0 Å². The molecule has 0 spiro atoms. The minimum absolute atomic E-state index is 0.379. The van der Waals surface area contributed by atoms with Gasteiger partial charge in [0.2, 0.25) is 5.13 Å². The van der Waals surface area contributed by atoms with E-state index in [9.17, 15) is 4.79 Å². The predicted octanol–water partition coefficient (Wildman–Crippen LogP) is 4.17. The SMILES string of the molecule is COc1cccc(NC(=O)Nc2nnc(-c3ccccc3C)s2)c1. The van der Waals surface area contributed by atoms with Crippen LogP contribution in [0.3, 0.4) is 0 Å². The summed E-state index contributed by atoms with van der Waals surface area (Å²) in [5.41, 5.74) is 2.76. The lowest BCUT2D eigenvalue weighted by atomic mass is 10.1. The molecule has 0 aliphatic heterocycles. The normalized spacial score (nSPS) is 10.2. The number of ether oxygens (including phenoxy) is 1. The Labute approximate surface area is 143 Å². The monoisotopic (exact) mass is 340 g/mol. The summed E-state index contributed by atoms with van der Waals surface area (Å²) in [6.07, 6.45) is 0. The fourth-order valence-corrected chi connectivity index (χ4v) is 2.98. The molecule has 1 aromatic heterocycles. The summed E-state index contributed by atoms with van der Waals surface area (Å²) in [6, 6.07) is 14.7. The first-order valence-corrected chi connectivity index (χ1v) is 8.09. The molecule has 0 saturated heterocycles. The van der Waals surface area contributed by atoms with E-state index in [1.54, 1.807) is 25.3 Å². The molecule has 0 radical (unpaired) electrons. The van der Waals surface area contributed by atoms with Crippen molar-refractivity contribution < 1.29 is 9.53 Å². The zero-order valence-electron chi connectivity index (χ0n) is 13.2. The van der Waals surface area contributed by atoms with Crippen molar-refractivity contribution in [3.8, 4) is 16.3 Å². The number of benzene rings is 2. The smallest absolute Gasteiger partial charge is 0.325 e. The fraction of sp³-hybridized carbons (Fsp3) is 0.118. The number of nitrogens with one attached hydrogen (secondary N) is 2. The third kappa shape index (κ3) is 3.69. The number of rotatable bonds is 4. The molecule has 0 bridgehead atoms. The number of hydrogen-bond donors (Lipinski definition) is 2. The first-order chi connectivity index (χ1) is 11.7. The number of anilines is 2. The summed E-state index contributed by atoms with van der Waals surface area (Å²) in [4.78, 5) is 12.1. The van der Waals surface area contributed by atoms with E-state index in [-0.39, 0.29) is 6.03 Å². The van der Waals surface area contributed by atoms with Gasteiger partial charge in [0.1, 0.15) is 10.8 Å². The molecule has 6 nitrogen and oxygen atoms in total. The molecular weight excluding hydrogens is 324 g/mol. The molecule has 1 heterocycles. The van der Waals surface area contributed by atoms with Crippen molar-refractivity contribution in [2.24, 2.45) is 0 Å². The third-order valence-corrected chi connectivity index (χ3v) is 4.22. The van der Waals surface area contributed by atoms with Gasteiger partial charge in [-0.05, 0) is 24.6 Å². The lowest BCUT2D eigenvalue weighted by Crippen LogP contribution is -2.19. The van der Waals surface area contributed by atoms with Crippen molar-refractivity contribution in [1.82, 2.24) is 10.2 Å². The van der Waals surface area contributed by atoms with E-state index in [0.29, 0.717) is 16.6 Å². The van der Waals surface area contributed by atoms with Crippen LogP contribution in [0.4, 0.5) is 15.6 Å². The Bertz CT molecular complexity index is 863. The van der Waals surface area contributed by atoms with E-state index < -0.39 is 0 Å². The molecule has 0 atom stereocenters.